The Hall–Kier alpha value is -2.89. The molecule has 1 amide bonds. The van der Waals surface area contributed by atoms with Crippen molar-refractivity contribution in [3.8, 4) is 0 Å². The van der Waals surface area contributed by atoms with Gasteiger partial charge in [0, 0.05) is 6.42 Å². The third-order valence-electron chi connectivity index (χ3n) is 12.4. The van der Waals surface area contributed by atoms with Crippen molar-refractivity contribution in [2.75, 3.05) is 13.2 Å². The Morgan fingerprint density at radius 3 is 1.35 bits per heavy atom. The standard InChI is InChI=1S/C59H101NO8/c1-3-5-7-9-11-13-15-17-19-21-23-24-25-26-27-28-29-30-31-33-35-37-39-41-43-45-47-49-55(63)60-52(51-67-59-58(66)57(65)56(64)54(50-61)68-59)53(62)48-46-44-42-40-38-36-34-32-22-20-18-16-14-12-10-8-6-4-2/h5,7,11,13,17,19,23-24,26-27,29-30,33,35,46,48,52-54,56-59,61-62,64-66H,3-4,6,8-10,12,14-16,18,20-22,25,28,31-32,34,36-45,47,49-51H2,1-2H3,(H,60,63)/b7-5-,13-11-,19-17-,24-23-,27-26-,30-29-,35-33-,48-46+. The Balaban J connectivity index is 2.29. The van der Waals surface area contributed by atoms with Crippen LogP contribution in [0.25, 0.3) is 0 Å². The molecule has 9 heteroatoms. The average Bonchev–Trinajstić information content (AvgIpc) is 3.34. The molecule has 9 nitrogen and oxygen atoms in total. The molecule has 1 aliphatic rings. The number of unbranched alkanes of at least 4 members (excludes halogenated alkanes) is 21. The Morgan fingerprint density at radius 1 is 0.515 bits per heavy atom. The molecule has 0 aromatic rings. The van der Waals surface area contributed by atoms with Crippen molar-refractivity contribution in [1.29, 1.82) is 0 Å². The lowest BCUT2D eigenvalue weighted by Crippen LogP contribution is -2.60. The fourth-order valence-corrected chi connectivity index (χ4v) is 8.08. The molecule has 68 heavy (non-hydrogen) atoms. The fraction of sp³-hybridized carbons (Fsp3) is 0.712. The van der Waals surface area contributed by atoms with Gasteiger partial charge in [0.15, 0.2) is 6.29 Å². The van der Waals surface area contributed by atoms with Gasteiger partial charge in [-0.05, 0) is 77.0 Å². The zero-order valence-electron chi connectivity index (χ0n) is 43.1. The molecular formula is C59H101NO8. The number of hydrogen-bond donors (Lipinski definition) is 6. The monoisotopic (exact) mass is 952 g/mol. The van der Waals surface area contributed by atoms with Crippen molar-refractivity contribution in [3.63, 3.8) is 0 Å². The first-order chi connectivity index (χ1) is 33.3. The molecule has 1 aliphatic heterocycles. The number of aliphatic hydroxyl groups is 5. The van der Waals surface area contributed by atoms with Gasteiger partial charge in [-0.3, -0.25) is 4.79 Å². The van der Waals surface area contributed by atoms with E-state index in [1.165, 1.54) is 89.9 Å². The smallest absolute Gasteiger partial charge is 0.220 e. The van der Waals surface area contributed by atoms with Crippen LogP contribution in [0, 0.1) is 0 Å². The number of amides is 1. The van der Waals surface area contributed by atoms with Crippen LogP contribution in [0.5, 0.6) is 0 Å². The summed E-state index contributed by atoms with van der Waals surface area (Å²) in [7, 11) is 0. The van der Waals surface area contributed by atoms with E-state index in [1.54, 1.807) is 6.08 Å². The third-order valence-corrected chi connectivity index (χ3v) is 12.4. The van der Waals surface area contributed by atoms with Crippen LogP contribution in [0.15, 0.2) is 97.2 Å². The van der Waals surface area contributed by atoms with Crippen LogP contribution in [-0.4, -0.2) is 87.5 Å². The Kier molecular flexibility index (Phi) is 44.3. The van der Waals surface area contributed by atoms with Crippen LogP contribution in [0.1, 0.15) is 213 Å². The first-order valence-electron chi connectivity index (χ1n) is 27.5. The molecule has 0 aromatic heterocycles. The second kappa shape index (κ2) is 47.8. The first-order valence-corrected chi connectivity index (χ1v) is 27.5. The summed E-state index contributed by atoms with van der Waals surface area (Å²) in [5, 5.41) is 54.4. The molecule has 0 radical (unpaired) electrons. The van der Waals surface area contributed by atoms with E-state index in [0.29, 0.717) is 6.42 Å². The normalized spacial score (nSPS) is 20.4. The minimum atomic E-state index is -1.58. The van der Waals surface area contributed by atoms with Crippen molar-refractivity contribution in [3.05, 3.63) is 97.2 Å². The predicted molar refractivity (Wildman–Crippen MR) is 285 cm³/mol. The Labute approximate surface area is 415 Å². The van der Waals surface area contributed by atoms with Crippen molar-refractivity contribution >= 4 is 5.91 Å². The number of nitrogens with one attached hydrogen (secondary N) is 1. The Morgan fingerprint density at radius 2 is 0.912 bits per heavy atom. The van der Waals surface area contributed by atoms with E-state index in [0.717, 1.165) is 103 Å². The molecule has 0 spiro atoms. The minimum Gasteiger partial charge on any atom is -0.394 e. The number of carbonyl (C=O) groups is 1. The van der Waals surface area contributed by atoms with E-state index >= 15 is 0 Å². The number of carbonyl (C=O) groups excluding carboxylic acids is 1. The molecule has 7 unspecified atom stereocenters. The highest BCUT2D eigenvalue weighted by atomic mass is 16.7. The maximum absolute atomic E-state index is 13.0. The molecular weight excluding hydrogens is 851 g/mol. The molecule has 390 valence electrons. The quantitative estimate of drug-likeness (QED) is 0.0261. The van der Waals surface area contributed by atoms with Gasteiger partial charge in [0.05, 0.1) is 25.4 Å². The zero-order valence-corrected chi connectivity index (χ0v) is 43.1. The predicted octanol–water partition coefficient (Wildman–Crippen LogP) is 13.2. The van der Waals surface area contributed by atoms with Gasteiger partial charge in [0.25, 0.3) is 0 Å². The van der Waals surface area contributed by atoms with Gasteiger partial charge in [-0.25, -0.2) is 0 Å². The van der Waals surface area contributed by atoms with Gasteiger partial charge >= 0.3 is 0 Å². The van der Waals surface area contributed by atoms with Crippen molar-refractivity contribution < 1.29 is 39.8 Å². The van der Waals surface area contributed by atoms with Gasteiger partial charge < -0.3 is 40.3 Å². The van der Waals surface area contributed by atoms with E-state index in [2.05, 4.69) is 104 Å². The summed E-state index contributed by atoms with van der Waals surface area (Å²) >= 11 is 0. The highest BCUT2D eigenvalue weighted by Crippen LogP contribution is 2.23. The van der Waals surface area contributed by atoms with Crippen molar-refractivity contribution in [2.24, 2.45) is 0 Å². The third kappa shape index (κ3) is 37.0. The summed E-state index contributed by atoms with van der Waals surface area (Å²) in [6.07, 6.45) is 61.6. The molecule has 0 saturated carbocycles. The lowest BCUT2D eigenvalue weighted by atomic mass is 9.99. The first kappa shape index (κ1) is 63.1. The van der Waals surface area contributed by atoms with E-state index in [9.17, 15) is 30.3 Å². The van der Waals surface area contributed by atoms with Gasteiger partial charge in [0.2, 0.25) is 5.91 Å². The SMILES string of the molecule is CC/C=C\C/C=C\C/C=C\C/C=C\C/C=C\C/C=C\C/C=C\CCCCCCCC(=O)NC(COC1OC(CO)C(O)C(O)C1O)C(O)/C=C/CCCCCCCCCCCCCCCCCC. The molecule has 1 saturated heterocycles. The van der Waals surface area contributed by atoms with Gasteiger partial charge in [-0.15, -0.1) is 0 Å². The summed E-state index contributed by atoms with van der Waals surface area (Å²) in [5.74, 6) is -0.199. The summed E-state index contributed by atoms with van der Waals surface area (Å²) in [5.41, 5.74) is 0. The summed E-state index contributed by atoms with van der Waals surface area (Å²) < 4.78 is 11.2. The highest BCUT2D eigenvalue weighted by molar-refractivity contribution is 5.76. The maximum Gasteiger partial charge on any atom is 0.220 e. The highest BCUT2D eigenvalue weighted by Gasteiger charge is 2.44. The second-order valence-electron chi connectivity index (χ2n) is 18.6. The van der Waals surface area contributed by atoms with E-state index < -0.39 is 49.5 Å². The van der Waals surface area contributed by atoms with Crippen molar-refractivity contribution in [2.45, 2.75) is 256 Å². The fourth-order valence-electron chi connectivity index (χ4n) is 8.08. The van der Waals surface area contributed by atoms with Crippen LogP contribution in [0.3, 0.4) is 0 Å². The van der Waals surface area contributed by atoms with Gasteiger partial charge in [-0.2, -0.15) is 0 Å². The summed E-state index contributed by atoms with van der Waals surface area (Å²) in [6.45, 7) is 3.65. The average molecular weight is 952 g/mol. The topological polar surface area (TPSA) is 149 Å². The van der Waals surface area contributed by atoms with Crippen molar-refractivity contribution in [1.82, 2.24) is 5.32 Å². The van der Waals surface area contributed by atoms with Gasteiger partial charge in [0.1, 0.15) is 24.4 Å². The number of aliphatic hydroxyl groups excluding tert-OH is 5. The zero-order chi connectivity index (χ0) is 49.4. The maximum atomic E-state index is 13.0. The Bertz CT molecular complexity index is 1380. The second-order valence-corrected chi connectivity index (χ2v) is 18.6. The number of rotatable bonds is 45. The lowest BCUT2D eigenvalue weighted by Gasteiger charge is -2.40. The summed E-state index contributed by atoms with van der Waals surface area (Å²) in [6, 6.07) is -0.823. The molecule has 1 rings (SSSR count). The molecule has 0 aromatic carbocycles. The van der Waals surface area contributed by atoms with E-state index in [-0.39, 0.29) is 12.5 Å². The van der Waals surface area contributed by atoms with Crippen LogP contribution in [0.2, 0.25) is 0 Å². The van der Waals surface area contributed by atoms with Crippen LogP contribution >= 0.6 is 0 Å². The molecule has 0 aliphatic carbocycles. The summed E-state index contributed by atoms with van der Waals surface area (Å²) in [4.78, 5) is 13.0. The van der Waals surface area contributed by atoms with E-state index in [1.807, 2.05) is 6.08 Å². The molecule has 1 heterocycles. The number of hydrogen-bond acceptors (Lipinski definition) is 8. The number of ether oxygens (including phenoxy) is 2. The largest absolute Gasteiger partial charge is 0.394 e. The molecule has 0 bridgehead atoms. The molecule has 7 atom stereocenters. The number of allylic oxidation sites excluding steroid dienone is 15. The van der Waals surface area contributed by atoms with Gasteiger partial charge in [-0.1, -0.05) is 227 Å². The molecule has 6 N–H and O–H groups in total. The van der Waals surface area contributed by atoms with Crippen LogP contribution in [-0.2, 0) is 14.3 Å². The van der Waals surface area contributed by atoms with Crippen LogP contribution < -0.4 is 5.32 Å². The van der Waals surface area contributed by atoms with E-state index in [4.69, 9.17) is 9.47 Å². The minimum absolute atomic E-state index is 0.199. The molecule has 1 fully saturated rings. The van der Waals surface area contributed by atoms with Crippen LogP contribution in [0.4, 0.5) is 0 Å². The lowest BCUT2D eigenvalue weighted by molar-refractivity contribution is -0.302.